The molecule has 0 spiro atoms. The molecule has 2 aromatic heterocycles. The lowest BCUT2D eigenvalue weighted by atomic mass is 9.98. The Morgan fingerprint density at radius 2 is 1.93 bits per heavy atom. The number of aryl methyl sites for hydroxylation is 1. The number of amides is 1. The van der Waals surface area contributed by atoms with Crippen LogP contribution in [-0.4, -0.2) is 10.9 Å². The van der Waals surface area contributed by atoms with Gasteiger partial charge in [-0.05, 0) is 60.5 Å². The predicted octanol–water partition coefficient (Wildman–Crippen LogP) is 5.66. The van der Waals surface area contributed by atoms with Crippen molar-refractivity contribution >= 4 is 50.2 Å². The van der Waals surface area contributed by atoms with Crippen molar-refractivity contribution in [2.24, 2.45) is 0 Å². The maximum Gasteiger partial charge on any atom is 0.296 e. The number of aromatic nitrogens is 1. The van der Waals surface area contributed by atoms with Crippen LogP contribution in [0.25, 0.3) is 11.0 Å². The van der Waals surface area contributed by atoms with Gasteiger partial charge in [-0.15, -0.1) is 0 Å². The van der Waals surface area contributed by atoms with E-state index >= 15 is 0 Å². The summed E-state index contributed by atoms with van der Waals surface area (Å²) in [7, 11) is 0. The summed E-state index contributed by atoms with van der Waals surface area (Å²) in [6.45, 7) is 1.92. The Bertz CT molecular complexity index is 1400. The molecule has 0 saturated carbocycles. The van der Waals surface area contributed by atoms with Gasteiger partial charge < -0.3 is 4.42 Å². The zero-order chi connectivity index (χ0) is 21.0. The van der Waals surface area contributed by atoms with Crippen LogP contribution in [0.3, 0.4) is 0 Å². The van der Waals surface area contributed by atoms with Crippen molar-refractivity contribution in [1.82, 2.24) is 4.98 Å². The van der Waals surface area contributed by atoms with Crippen LogP contribution in [0.5, 0.6) is 0 Å². The largest absolute Gasteiger partial charge is 0.450 e. The highest BCUT2D eigenvalue weighted by Gasteiger charge is 2.44. The van der Waals surface area contributed by atoms with E-state index in [4.69, 9.17) is 16.0 Å². The molecule has 1 aliphatic heterocycles. The van der Waals surface area contributed by atoms with Crippen LogP contribution < -0.4 is 10.3 Å². The van der Waals surface area contributed by atoms with Crippen molar-refractivity contribution in [3.63, 3.8) is 0 Å². The third kappa shape index (κ3) is 2.95. The molecule has 148 valence electrons. The van der Waals surface area contributed by atoms with Crippen molar-refractivity contribution in [2.75, 3.05) is 4.90 Å². The molecule has 0 saturated heterocycles. The second-order valence-corrected chi connectivity index (χ2v) is 8.49. The monoisotopic (exact) mass is 480 g/mol. The van der Waals surface area contributed by atoms with E-state index in [1.54, 1.807) is 42.6 Å². The molecule has 1 amide bonds. The van der Waals surface area contributed by atoms with E-state index in [2.05, 4.69) is 20.9 Å². The van der Waals surface area contributed by atoms with Crippen LogP contribution in [-0.2, 0) is 0 Å². The molecule has 2 aromatic carbocycles. The summed E-state index contributed by atoms with van der Waals surface area (Å²) in [5.74, 6) is 0.0686. The van der Waals surface area contributed by atoms with Gasteiger partial charge in [0, 0.05) is 15.7 Å². The fourth-order valence-electron chi connectivity index (χ4n) is 3.83. The lowest BCUT2D eigenvalue weighted by Gasteiger charge is -2.24. The van der Waals surface area contributed by atoms with E-state index < -0.39 is 11.9 Å². The predicted molar refractivity (Wildman–Crippen MR) is 119 cm³/mol. The molecule has 0 radical (unpaired) electrons. The van der Waals surface area contributed by atoms with Gasteiger partial charge in [0.15, 0.2) is 5.43 Å². The Kier molecular flexibility index (Phi) is 4.49. The van der Waals surface area contributed by atoms with Crippen molar-refractivity contribution in [3.8, 4) is 0 Å². The van der Waals surface area contributed by atoms with Crippen molar-refractivity contribution in [3.05, 3.63) is 103 Å². The first-order chi connectivity index (χ1) is 14.4. The number of hydrogen-bond acceptors (Lipinski definition) is 4. The molecule has 1 atom stereocenters. The van der Waals surface area contributed by atoms with Gasteiger partial charge in [0.25, 0.3) is 5.91 Å². The van der Waals surface area contributed by atoms with E-state index in [9.17, 15) is 9.59 Å². The summed E-state index contributed by atoms with van der Waals surface area (Å²) in [5.41, 5.74) is 2.05. The number of benzene rings is 2. The number of fused-ring (bicyclic) bond motifs is 2. The normalized spacial score (nSPS) is 15.6. The summed E-state index contributed by atoms with van der Waals surface area (Å²) in [6, 6.07) is 15.2. The quantitative estimate of drug-likeness (QED) is 0.370. The molecule has 30 heavy (non-hydrogen) atoms. The highest BCUT2D eigenvalue weighted by molar-refractivity contribution is 9.10. The Hall–Kier alpha value is -2.96. The number of carbonyl (C=O) groups excluding carboxylic acids is 1. The summed E-state index contributed by atoms with van der Waals surface area (Å²) in [4.78, 5) is 32.9. The van der Waals surface area contributed by atoms with Gasteiger partial charge in [-0.2, -0.15) is 0 Å². The fraction of sp³-hybridized carbons (Fsp3) is 0.0870. The minimum Gasteiger partial charge on any atom is -0.450 e. The number of carbonyl (C=O) groups is 1. The first-order valence-corrected chi connectivity index (χ1v) is 10.4. The number of anilines is 1. The number of halogens is 2. The standard InChI is InChI=1S/C23H14BrClN2O3/c1-12-7-8-26-18(9-12)27-20(13-3-2-4-15(25)10-13)19-21(28)16-11-14(24)5-6-17(16)30-22(19)23(27)29/h2-11,20H,1H3/t20-/m0/s1. The van der Waals surface area contributed by atoms with E-state index in [-0.39, 0.29) is 16.8 Å². The molecule has 3 heterocycles. The SMILES string of the molecule is Cc1ccnc(N2C(=O)c3oc4ccc(Br)cc4c(=O)c3[C@@H]2c2cccc(Cl)c2)c1. The highest BCUT2D eigenvalue weighted by Crippen LogP contribution is 2.41. The second-order valence-electron chi connectivity index (χ2n) is 7.14. The van der Waals surface area contributed by atoms with Gasteiger partial charge in [0.2, 0.25) is 5.76 Å². The van der Waals surface area contributed by atoms with E-state index in [0.717, 1.165) is 10.0 Å². The van der Waals surface area contributed by atoms with Crippen molar-refractivity contribution in [1.29, 1.82) is 0 Å². The molecule has 0 fully saturated rings. The minimum atomic E-state index is -0.694. The molecule has 4 aromatic rings. The average Bonchev–Trinajstić information content (AvgIpc) is 3.01. The smallest absolute Gasteiger partial charge is 0.296 e. The zero-order valence-electron chi connectivity index (χ0n) is 15.7. The van der Waals surface area contributed by atoms with Gasteiger partial charge in [0.05, 0.1) is 17.0 Å². The maximum atomic E-state index is 13.5. The van der Waals surface area contributed by atoms with Crippen LogP contribution >= 0.6 is 27.5 Å². The summed E-state index contributed by atoms with van der Waals surface area (Å²) < 4.78 is 6.70. The maximum absolute atomic E-state index is 13.5. The molecule has 0 aliphatic carbocycles. The van der Waals surface area contributed by atoms with Crippen LogP contribution in [0.15, 0.2) is 74.5 Å². The van der Waals surface area contributed by atoms with Gasteiger partial charge in [-0.1, -0.05) is 39.7 Å². The Labute approximate surface area is 185 Å². The van der Waals surface area contributed by atoms with Crippen LogP contribution in [0.4, 0.5) is 5.82 Å². The molecule has 1 aliphatic rings. The van der Waals surface area contributed by atoms with Crippen LogP contribution in [0.1, 0.15) is 33.3 Å². The topological polar surface area (TPSA) is 63.4 Å². The number of hydrogen-bond donors (Lipinski definition) is 0. The zero-order valence-corrected chi connectivity index (χ0v) is 18.1. The summed E-state index contributed by atoms with van der Waals surface area (Å²) in [6.07, 6.45) is 1.64. The summed E-state index contributed by atoms with van der Waals surface area (Å²) >= 11 is 9.63. The first-order valence-electron chi connectivity index (χ1n) is 9.22. The number of nitrogens with zero attached hydrogens (tertiary/aromatic N) is 2. The third-order valence-electron chi connectivity index (χ3n) is 5.14. The Morgan fingerprint density at radius 3 is 2.70 bits per heavy atom. The lowest BCUT2D eigenvalue weighted by molar-refractivity contribution is 0.0970. The van der Waals surface area contributed by atoms with E-state index in [1.165, 1.54) is 4.90 Å². The highest BCUT2D eigenvalue weighted by atomic mass is 79.9. The molecule has 5 rings (SSSR count). The molecular formula is C23H14BrClN2O3. The summed E-state index contributed by atoms with van der Waals surface area (Å²) in [5, 5.41) is 0.917. The van der Waals surface area contributed by atoms with Crippen molar-refractivity contribution in [2.45, 2.75) is 13.0 Å². The average molecular weight is 482 g/mol. The molecule has 0 unspecified atom stereocenters. The molecular weight excluding hydrogens is 468 g/mol. The van der Waals surface area contributed by atoms with Gasteiger partial charge in [-0.25, -0.2) is 4.98 Å². The van der Waals surface area contributed by atoms with E-state index in [0.29, 0.717) is 27.4 Å². The molecule has 0 bridgehead atoms. The minimum absolute atomic E-state index is 0.0307. The Morgan fingerprint density at radius 1 is 1.10 bits per heavy atom. The molecule has 7 heteroatoms. The van der Waals surface area contributed by atoms with Gasteiger partial charge in [0.1, 0.15) is 11.4 Å². The van der Waals surface area contributed by atoms with E-state index in [1.807, 2.05) is 25.1 Å². The van der Waals surface area contributed by atoms with Crippen molar-refractivity contribution < 1.29 is 9.21 Å². The third-order valence-corrected chi connectivity index (χ3v) is 5.87. The Balaban J connectivity index is 1.84. The number of rotatable bonds is 2. The van der Waals surface area contributed by atoms with Crippen LogP contribution in [0.2, 0.25) is 5.02 Å². The second kappa shape index (κ2) is 7.07. The van der Waals surface area contributed by atoms with Gasteiger partial charge in [-0.3, -0.25) is 14.5 Å². The van der Waals surface area contributed by atoms with Gasteiger partial charge >= 0.3 is 0 Å². The molecule has 0 N–H and O–H groups in total. The molecule has 5 nitrogen and oxygen atoms in total. The number of pyridine rings is 1. The lowest BCUT2D eigenvalue weighted by Crippen LogP contribution is -2.30. The van der Waals surface area contributed by atoms with Crippen LogP contribution in [0, 0.1) is 6.92 Å². The first kappa shape index (κ1) is 19.0. The fourth-order valence-corrected chi connectivity index (χ4v) is 4.39.